The summed E-state index contributed by atoms with van der Waals surface area (Å²) in [4.78, 5) is 9.84. The third-order valence-electron chi connectivity index (χ3n) is 2.23. The highest BCUT2D eigenvalue weighted by Crippen LogP contribution is 2.28. The van der Waals surface area contributed by atoms with Gasteiger partial charge in [-0.05, 0) is 30.7 Å². The second-order valence-corrected chi connectivity index (χ2v) is 6.15. The predicted octanol–water partition coefficient (Wildman–Crippen LogP) is 5.00. The molecule has 18 heavy (non-hydrogen) atoms. The minimum absolute atomic E-state index is 0.507. The molecule has 0 radical (unpaired) electrons. The number of nitrogens with zero attached hydrogens (tertiary/aromatic N) is 2. The predicted molar refractivity (Wildman–Crippen MR) is 79.3 cm³/mol. The molecule has 2 nitrogen and oxygen atoms in total. The van der Waals surface area contributed by atoms with E-state index >= 15 is 0 Å². The minimum atomic E-state index is 0.507. The van der Waals surface area contributed by atoms with Crippen LogP contribution in [0.3, 0.4) is 0 Å². The van der Waals surface area contributed by atoms with Gasteiger partial charge in [0, 0.05) is 21.9 Å². The molecule has 0 fully saturated rings. The van der Waals surface area contributed by atoms with Crippen molar-refractivity contribution in [2.75, 3.05) is 0 Å². The molecule has 0 amide bonds. The maximum Gasteiger partial charge on any atom is 0.133 e. The van der Waals surface area contributed by atoms with Crippen LogP contribution in [0.1, 0.15) is 19.2 Å². The lowest BCUT2D eigenvalue weighted by atomic mass is 10.3. The van der Waals surface area contributed by atoms with Gasteiger partial charge in [-0.25, -0.2) is 9.97 Å². The van der Waals surface area contributed by atoms with Crippen LogP contribution in [-0.2, 0) is 6.42 Å². The van der Waals surface area contributed by atoms with E-state index in [1.54, 1.807) is 17.8 Å². The van der Waals surface area contributed by atoms with Crippen LogP contribution in [0.5, 0.6) is 0 Å². The van der Waals surface area contributed by atoms with Gasteiger partial charge in [0.15, 0.2) is 0 Å². The van der Waals surface area contributed by atoms with E-state index in [4.69, 9.17) is 11.6 Å². The molecular weight excluding hydrogens is 332 g/mol. The van der Waals surface area contributed by atoms with Gasteiger partial charge in [0.2, 0.25) is 0 Å². The highest BCUT2D eigenvalue weighted by atomic mass is 79.9. The third-order valence-corrected chi connectivity index (χ3v) is 3.88. The van der Waals surface area contributed by atoms with Crippen molar-refractivity contribution in [1.82, 2.24) is 9.97 Å². The average molecular weight is 344 g/mol. The molecule has 0 spiro atoms. The van der Waals surface area contributed by atoms with Crippen molar-refractivity contribution in [3.63, 3.8) is 0 Å². The van der Waals surface area contributed by atoms with Gasteiger partial charge in [0.05, 0.1) is 0 Å². The van der Waals surface area contributed by atoms with Crippen molar-refractivity contribution in [2.45, 2.75) is 29.7 Å². The molecule has 0 unspecified atom stereocenters. The maximum absolute atomic E-state index is 6.01. The summed E-state index contributed by atoms with van der Waals surface area (Å²) in [7, 11) is 0. The number of aryl methyl sites for hydroxylation is 1. The van der Waals surface area contributed by atoms with Crippen molar-refractivity contribution in [3.8, 4) is 0 Å². The summed E-state index contributed by atoms with van der Waals surface area (Å²) in [5.74, 6) is 0.810. The second-order valence-electron chi connectivity index (χ2n) is 3.75. The Hall–Kier alpha value is -0.580. The van der Waals surface area contributed by atoms with Crippen molar-refractivity contribution < 1.29 is 0 Å². The number of rotatable bonds is 4. The van der Waals surface area contributed by atoms with Gasteiger partial charge in [0.25, 0.3) is 0 Å². The fourth-order valence-electron chi connectivity index (χ4n) is 1.45. The van der Waals surface area contributed by atoms with Crippen LogP contribution in [0.4, 0.5) is 0 Å². The number of hydrogen-bond acceptors (Lipinski definition) is 3. The summed E-state index contributed by atoms with van der Waals surface area (Å²) in [6.45, 7) is 2.10. The molecule has 1 aromatic heterocycles. The summed E-state index contributed by atoms with van der Waals surface area (Å²) in [6.07, 6.45) is 1.87. The molecular formula is C13H12BrClN2S. The first-order valence-corrected chi connectivity index (χ1v) is 7.63. The molecule has 0 aliphatic rings. The van der Waals surface area contributed by atoms with Gasteiger partial charge < -0.3 is 0 Å². The van der Waals surface area contributed by atoms with E-state index in [0.29, 0.717) is 5.15 Å². The lowest BCUT2D eigenvalue weighted by Gasteiger charge is -2.04. The van der Waals surface area contributed by atoms with E-state index in [1.807, 2.05) is 24.3 Å². The Morgan fingerprint density at radius 2 is 1.94 bits per heavy atom. The molecule has 2 aromatic rings. The molecule has 1 heterocycles. The Bertz CT molecular complexity index is 531. The number of benzene rings is 1. The first-order valence-electron chi connectivity index (χ1n) is 5.64. The lowest BCUT2D eigenvalue weighted by Crippen LogP contribution is -1.96. The molecule has 94 valence electrons. The van der Waals surface area contributed by atoms with Gasteiger partial charge in [-0.2, -0.15) is 0 Å². The first kappa shape index (κ1) is 13.8. The van der Waals surface area contributed by atoms with Gasteiger partial charge in [0.1, 0.15) is 16.0 Å². The van der Waals surface area contributed by atoms with Crippen LogP contribution in [0, 0.1) is 0 Å². The molecule has 0 aliphatic carbocycles. The highest BCUT2D eigenvalue weighted by Gasteiger charge is 2.04. The summed E-state index contributed by atoms with van der Waals surface area (Å²) >= 11 is 11.0. The van der Waals surface area contributed by atoms with E-state index in [0.717, 1.165) is 33.1 Å². The zero-order valence-electron chi connectivity index (χ0n) is 9.86. The van der Waals surface area contributed by atoms with Gasteiger partial charge >= 0.3 is 0 Å². The van der Waals surface area contributed by atoms with Crippen LogP contribution >= 0.6 is 39.3 Å². The van der Waals surface area contributed by atoms with Gasteiger partial charge in [-0.1, -0.05) is 46.2 Å². The molecule has 5 heteroatoms. The average Bonchev–Trinajstić information content (AvgIpc) is 2.32. The number of hydrogen-bond donors (Lipinski definition) is 0. The Kier molecular flexibility index (Phi) is 5.03. The number of aromatic nitrogens is 2. The Labute approximate surface area is 124 Å². The fourth-order valence-corrected chi connectivity index (χ4v) is 2.82. The Morgan fingerprint density at radius 1 is 1.22 bits per heavy atom. The third kappa shape index (κ3) is 3.97. The second kappa shape index (κ2) is 6.55. The fraction of sp³-hybridized carbons (Fsp3) is 0.231. The molecule has 0 aliphatic heterocycles. The minimum Gasteiger partial charge on any atom is -0.226 e. The lowest BCUT2D eigenvalue weighted by molar-refractivity contribution is 0.810. The van der Waals surface area contributed by atoms with Gasteiger partial charge in [-0.3, -0.25) is 0 Å². The van der Waals surface area contributed by atoms with E-state index in [2.05, 4.69) is 32.8 Å². The highest BCUT2D eigenvalue weighted by molar-refractivity contribution is 9.10. The van der Waals surface area contributed by atoms with Crippen LogP contribution < -0.4 is 0 Å². The van der Waals surface area contributed by atoms with Crippen LogP contribution in [-0.4, -0.2) is 9.97 Å². The Balaban J connectivity index is 2.20. The van der Waals surface area contributed by atoms with Crippen molar-refractivity contribution in [3.05, 3.63) is 45.8 Å². The summed E-state index contributed by atoms with van der Waals surface area (Å²) < 4.78 is 1.07. The molecule has 1 aromatic carbocycles. The monoisotopic (exact) mass is 342 g/mol. The van der Waals surface area contributed by atoms with Crippen LogP contribution in [0.2, 0.25) is 5.15 Å². The van der Waals surface area contributed by atoms with Gasteiger partial charge in [-0.15, -0.1) is 0 Å². The smallest absolute Gasteiger partial charge is 0.133 e. The maximum atomic E-state index is 6.01. The summed E-state index contributed by atoms with van der Waals surface area (Å²) in [5.41, 5.74) is 0. The van der Waals surface area contributed by atoms with Crippen LogP contribution in [0.25, 0.3) is 0 Å². The molecule has 0 saturated carbocycles. The zero-order valence-corrected chi connectivity index (χ0v) is 13.0. The van der Waals surface area contributed by atoms with Crippen molar-refractivity contribution >= 4 is 39.3 Å². The standard InChI is InChI=1S/C13H12BrClN2S/c1-2-3-12-16-11(15)8-13(17-12)18-10-6-4-9(14)5-7-10/h4-8H,2-3H2,1H3. The van der Waals surface area contributed by atoms with Crippen molar-refractivity contribution in [2.24, 2.45) is 0 Å². The molecule has 2 rings (SSSR count). The largest absolute Gasteiger partial charge is 0.226 e. The quantitative estimate of drug-likeness (QED) is 0.731. The summed E-state index contributed by atoms with van der Waals surface area (Å²) in [6, 6.07) is 9.91. The zero-order chi connectivity index (χ0) is 13.0. The molecule has 0 bridgehead atoms. The van der Waals surface area contributed by atoms with E-state index < -0.39 is 0 Å². The molecule has 0 saturated heterocycles. The SMILES string of the molecule is CCCc1nc(Cl)cc(Sc2ccc(Br)cc2)n1. The van der Waals surface area contributed by atoms with E-state index in [-0.39, 0.29) is 0 Å². The topological polar surface area (TPSA) is 25.8 Å². The number of halogens is 2. The van der Waals surface area contributed by atoms with E-state index in [1.165, 1.54) is 0 Å². The Morgan fingerprint density at radius 3 is 2.61 bits per heavy atom. The molecule has 0 atom stereocenters. The summed E-state index contributed by atoms with van der Waals surface area (Å²) in [5, 5.41) is 1.40. The van der Waals surface area contributed by atoms with Crippen LogP contribution in [0.15, 0.2) is 44.7 Å². The normalized spacial score (nSPS) is 10.6. The molecule has 0 N–H and O–H groups in total. The first-order chi connectivity index (χ1) is 8.67. The van der Waals surface area contributed by atoms with Crippen molar-refractivity contribution in [1.29, 1.82) is 0 Å². The van der Waals surface area contributed by atoms with E-state index in [9.17, 15) is 0 Å².